The molecule has 0 aromatic carbocycles. The molecule has 15 heavy (non-hydrogen) atoms. The van der Waals surface area contributed by atoms with Gasteiger partial charge in [0.05, 0.1) is 33.0 Å². The smallest absolute Gasteiger partial charge is 0.177 e. The van der Waals surface area contributed by atoms with Crippen molar-refractivity contribution in [1.29, 1.82) is 0 Å². The van der Waals surface area contributed by atoms with Crippen LogP contribution in [0.2, 0.25) is 0 Å². The fourth-order valence-corrected chi connectivity index (χ4v) is 0.537. The summed E-state index contributed by atoms with van der Waals surface area (Å²) >= 11 is 0. The van der Waals surface area contributed by atoms with Crippen LogP contribution >= 0.6 is 0 Å². The molecule has 0 saturated heterocycles. The molecule has 1 atom stereocenters. The van der Waals surface area contributed by atoms with E-state index < -0.39 is 6.29 Å². The third-order valence-electron chi connectivity index (χ3n) is 1.14. The van der Waals surface area contributed by atoms with Crippen LogP contribution in [0, 0.1) is 0 Å². The van der Waals surface area contributed by atoms with E-state index in [9.17, 15) is 0 Å². The molecule has 5 heteroatoms. The maximum atomic E-state index is 8.83. The normalized spacial score (nSPS) is 11.5. The molecule has 0 bridgehead atoms. The van der Waals surface area contributed by atoms with Gasteiger partial charge < -0.3 is 24.4 Å². The standard InChI is InChI=1S/C7H16O5.C3H6/c1-10-7(9)6-12-5-4-11-3-2-8;1-3-2/h7-9H,2-6H2,1H3;3H,1H2,2H3. The Morgan fingerprint density at radius 3 is 2.27 bits per heavy atom. The number of hydrogen-bond donors (Lipinski definition) is 2. The number of aliphatic hydroxyl groups excluding tert-OH is 2. The summed E-state index contributed by atoms with van der Waals surface area (Å²) in [4.78, 5) is 0. The van der Waals surface area contributed by atoms with Crippen molar-refractivity contribution in [2.45, 2.75) is 13.2 Å². The van der Waals surface area contributed by atoms with E-state index in [2.05, 4.69) is 11.3 Å². The number of ether oxygens (including phenoxy) is 3. The zero-order valence-corrected chi connectivity index (χ0v) is 9.52. The highest BCUT2D eigenvalue weighted by Crippen LogP contribution is 1.85. The van der Waals surface area contributed by atoms with Crippen LogP contribution < -0.4 is 0 Å². The third-order valence-corrected chi connectivity index (χ3v) is 1.14. The molecule has 0 aromatic heterocycles. The SMILES string of the molecule is C=CC.COC(O)COCCOCCO. The number of methoxy groups -OCH3 is 1. The molecule has 92 valence electrons. The molecule has 0 radical (unpaired) electrons. The van der Waals surface area contributed by atoms with Gasteiger partial charge in [0.2, 0.25) is 0 Å². The first-order valence-corrected chi connectivity index (χ1v) is 4.77. The van der Waals surface area contributed by atoms with Crippen LogP contribution in [0.25, 0.3) is 0 Å². The average Bonchev–Trinajstić information content (AvgIpc) is 2.24. The van der Waals surface area contributed by atoms with Crippen LogP contribution in [0.5, 0.6) is 0 Å². The fraction of sp³-hybridized carbons (Fsp3) is 0.800. The zero-order valence-electron chi connectivity index (χ0n) is 9.52. The molecule has 1 unspecified atom stereocenters. The van der Waals surface area contributed by atoms with Gasteiger partial charge in [-0.1, -0.05) is 6.08 Å². The summed E-state index contributed by atoms with van der Waals surface area (Å²) in [6.07, 6.45) is 0.878. The quantitative estimate of drug-likeness (QED) is 0.348. The summed E-state index contributed by atoms with van der Waals surface area (Å²) in [5, 5.41) is 17.2. The molecule has 0 amide bonds. The van der Waals surface area contributed by atoms with Gasteiger partial charge in [-0.2, -0.15) is 0 Å². The summed E-state index contributed by atoms with van der Waals surface area (Å²) in [5.41, 5.74) is 0. The van der Waals surface area contributed by atoms with Gasteiger partial charge in [-0.25, -0.2) is 0 Å². The first kappa shape index (κ1) is 17.0. The van der Waals surface area contributed by atoms with Gasteiger partial charge in [0.25, 0.3) is 0 Å². The Kier molecular flexibility index (Phi) is 18.1. The summed E-state index contributed by atoms with van der Waals surface area (Å²) in [6, 6.07) is 0. The molecule has 0 fully saturated rings. The fourth-order valence-electron chi connectivity index (χ4n) is 0.537. The van der Waals surface area contributed by atoms with E-state index in [0.29, 0.717) is 19.8 Å². The lowest BCUT2D eigenvalue weighted by Gasteiger charge is -2.08. The molecule has 0 heterocycles. The summed E-state index contributed by atoms with van der Waals surface area (Å²) in [7, 11) is 1.40. The van der Waals surface area contributed by atoms with Gasteiger partial charge in [0.15, 0.2) is 6.29 Å². The minimum absolute atomic E-state index is 0.0146. The predicted molar refractivity (Wildman–Crippen MR) is 57.6 cm³/mol. The highest BCUT2D eigenvalue weighted by atomic mass is 16.6. The lowest BCUT2D eigenvalue weighted by molar-refractivity contribution is -0.123. The van der Waals surface area contributed by atoms with E-state index in [1.807, 2.05) is 6.92 Å². The van der Waals surface area contributed by atoms with Crippen molar-refractivity contribution in [1.82, 2.24) is 0 Å². The predicted octanol–water partition coefficient (Wildman–Crippen LogP) is 0.169. The molecular formula is C10H22O5. The van der Waals surface area contributed by atoms with Gasteiger partial charge in [0.1, 0.15) is 0 Å². The van der Waals surface area contributed by atoms with Gasteiger partial charge in [-0.05, 0) is 6.92 Å². The van der Waals surface area contributed by atoms with E-state index in [0.717, 1.165) is 0 Å². The second-order valence-corrected chi connectivity index (χ2v) is 2.51. The van der Waals surface area contributed by atoms with E-state index in [1.165, 1.54) is 7.11 Å². The summed E-state index contributed by atoms with van der Waals surface area (Å²) in [5.74, 6) is 0. The second kappa shape index (κ2) is 16.0. The maximum absolute atomic E-state index is 8.83. The number of rotatable bonds is 8. The van der Waals surface area contributed by atoms with Crippen molar-refractivity contribution in [3.63, 3.8) is 0 Å². The lowest BCUT2D eigenvalue weighted by Crippen LogP contribution is -2.19. The molecule has 2 N–H and O–H groups in total. The van der Waals surface area contributed by atoms with Gasteiger partial charge in [0, 0.05) is 7.11 Å². The minimum Gasteiger partial charge on any atom is -0.394 e. The molecule has 5 nitrogen and oxygen atoms in total. The van der Waals surface area contributed by atoms with Crippen molar-refractivity contribution in [2.24, 2.45) is 0 Å². The molecule has 0 spiro atoms. The molecule has 0 aliphatic rings. The minimum atomic E-state index is -0.872. The van der Waals surface area contributed by atoms with E-state index in [-0.39, 0.29) is 13.2 Å². The van der Waals surface area contributed by atoms with E-state index >= 15 is 0 Å². The van der Waals surface area contributed by atoms with Crippen LogP contribution in [0.4, 0.5) is 0 Å². The number of allylic oxidation sites excluding steroid dienone is 1. The maximum Gasteiger partial charge on any atom is 0.177 e. The van der Waals surface area contributed by atoms with Crippen LogP contribution in [0.3, 0.4) is 0 Å². The molecule has 0 aliphatic heterocycles. The largest absolute Gasteiger partial charge is 0.394 e. The highest BCUT2D eigenvalue weighted by Gasteiger charge is 1.99. The van der Waals surface area contributed by atoms with Gasteiger partial charge in [-0.15, -0.1) is 6.58 Å². The number of aliphatic hydroxyl groups is 2. The van der Waals surface area contributed by atoms with Crippen LogP contribution in [-0.2, 0) is 14.2 Å². The highest BCUT2D eigenvalue weighted by molar-refractivity contribution is 4.51. The van der Waals surface area contributed by atoms with E-state index in [4.69, 9.17) is 19.7 Å². The average molecular weight is 222 g/mol. The van der Waals surface area contributed by atoms with Crippen molar-refractivity contribution >= 4 is 0 Å². The Morgan fingerprint density at radius 2 is 1.80 bits per heavy atom. The van der Waals surface area contributed by atoms with E-state index in [1.54, 1.807) is 6.08 Å². The first-order valence-electron chi connectivity index (χ1n) is 4.77. The zero-order chi connectivity index (χ0) is 11.9. The Bertz CT molecular complexity index is 118. The van der Waals surface area contributed by atoms with Gasteiger partial charge >= 0.3 is 0 Å². The summed E-state index contributed by atoms with van der Waals surface area (Å²) < 4.78 is 14.4. The van der Waals surface area contributed by atoms with Crippen LogP contribution in [0.15, 0.2) is 12.7 Å². The Morgan fingerprint density at radius 1 is 1.27 bits per heavy atom. The summed E-state index contributed by atoms with van der Waals surface area (Å²) in [6.45, 7) is 6.52. The monoisotopic (exact) mass is 222 g/mol. The van der Waals surface area contributed by atoms with Crippen molar-refractivity contribution < 1.29 is 24.4 Å². The molecule has 0 aliphatic carbocycles. The topological polar surface area (TPSA) is 68.2 Å². The van der Waals surface area contributed by atoms with Crippen molar-refractivity contribution in [3.8, 4) is 0 Å². The Balaban J connectivity index is 0. The molecule has 0 saturated carbocycles. The third kappa shape index (κ3) is 19.8. The van der Waals surface area contributed by atoms with Crippen LogP contribution in [-0.4, -0.2) is 56.6 Å². The first-order chi connectivity index (χ1) is 7.22. The van der Waals surface area contributed by atoms with Gasteiger partial charge in [-0.3, -0.25) is 0 Å². The van der Waals surface area contributed by atoms with Crippen molar-refractivity contribution in [2.75, 3.05) is 40.1 Å². The molecule has 0 aromatic rings. The lowest BCUT2D eigenvalue weighted by atomic mass is 10.6. The molecule has 0 rings (SSSR count). The second-order valence-electron chi connectivity index (χ2n) is 2.51. The Labute approximate surface area is 91.3 Å². The number of hydrogen-bond acceptors (Lipinski definition) is 5. The van der Waals surface area contributed by atoms with Crippen LogP contribution in [0.1, 0.15) is 6.92 Å². The Hall–Kier alpha value is -0.460. The van der Waals surface area contributed by atoms with Crippen molar-refractivity contribution in [3.05, 3.63) is 12.7 Å². The molecular weight excluding hydrogens is 200 g/mol.